The number of aryl methyl sites for hydroxylation is 3. The number of nitrogens with one attached hydrogen (secondary N) is 2. The van der Waals surface area contributed by atoms with E-state index in [2.05, 4.69) is 21.0 Å². The Labute approximate surface area is 161 Å². The summed E-state index contributed by atoms with van der Waals surface area (Å²) in [7, 11) is 0. The van der Waals surface area contributed by atoms with Gasteiger partial charge in [-0.05, 0) is 68.3 Å². The Kier molecular flexibility index (Phi) is 5.69. The predicted molar refractivity (Wildman–Crippen MR) is 101 cm³/mol. The summed E-state index contributed by atoms with van der Waals surface area (Å²) in [5, 5.41) is 3.72. The van der Waals surface area contributed by atoms with Crippen molar-refractivity contribution in [3.8, 4) is 17.2 Å². The van der Waals surface area contributed by atoms with Crippen LogP contribution >= 0.6 is 0 Å². The summed E-state index contributed by atoms with van der Waals surface area (Å²) in [6, 6.07) is 12.3. The fourth-order valence-electron chi connectivity index (χ4n) is 2.58. The van der Waals surface area contributed by atoms with Crippen LogP contribution in [-0.2, 0) is 4.79 Å². The maximum absolute atomic E-state index is 12.1. The van der Waals surface area contributed by atoms with Gasteiger partial charge in [0.2, 0.25) is 0 Å². The van der Waals surface area contributed by atoms with E-state index in [4.69, 9.17) is 9.26 Å². The van der Waals surface area contributed by atoms with Crippen molar-refractivity contribution < 1.29 is 18.8 Å². The molecule has 3 aromatic rings. The van der Waals surface area contributed by atoms with Crippen molar-refractivity contribution in [1.29, 1.82) is 0 Å². The first-order valence-electron chi connectivity index (χ1n) is 8.62. The third-order valence-corrected chi connectivity index (χ3v) is 3.80. The van der Waals surface area contributed by atoms with Gasteiger partial charge in [0.15, 0.2) is 12.4 Å². The number of rotatable bonds is 5. The average Bonchev–Trinajstić information content (AvgIpc) is 3.10. The van der Waals surface area contributed by atoms with E-state index in [1.165, 1.54) is 0 Å². The molecule has 0 fully saturated rings. The van der Waals surface area contributed by atoms with E-state index in [-0.39, 0.29) is 6.61 Å². The highest BCUT2D eigenvalue weighted by molar-refractivity contribution is 5.95. The molecule has 2 aromatic carbocycles. The van der Waals surface area contributed by atoms with Crippen LogP contribution in [0.4, 0.5) is 0 Å². The molecular weight excluding hydrogens is 360 g/mol. The molecule has 0 radical (unpaired) electrons. The summed E-state index contributed by atoms with van der Waals surface area (Å²) < 4.78 is 10.5. The summed E-state index contributed by atoms with van der Waals surface area (Å²) in [6.45, 7) is 5.41. The quantitative estimate of drug-likeness (QED) is 0.659. The molecule has 0 bridgehead atoms. The van der Waals surface area contributed by atoms with Crippen molar-refractivity contribution in [3.05, 3.63) is 65.0 Å². The number of nitrogens with zero attached hydrogens (tertiary/aromatic N) is 2. The summed E-state index contributed by atoms with van der Waals surface area (Å²) >= 11 is 0. The average molecular weight is 380 g/mol. The van der Waals surface area contributed by atoms with E-state index < -0.39 is 11.8 Å². The number of amides is 2. The van der Waals surface area contributed by atoms with Crippen molar-refractivity contribution in [3.63, 3.8) is 0 Å². The van der Waals surface area contributed by atoms with E-state index in [1.54, 1.807) is 31.2 Å². The zero-order valence-corrected chi connectivity index (χ0v) is 15.8. The molecule has 0 aliphatic carbocycles. The Morgan fingerprint density at radius 2 is 1.68 bits per heavy atom. The Morgan fingerprint density at radius 1 is 1.00 bits per heavy atom. The topological polar surface area (TPSA) is 106 Å². The van der Waals surface area contributed by atoms with Gasteiger partial charge in [0.25, 0.3) is 17.7 Å². The molecule has 2 N–H and O–H groups in total. The lowest BCUT2D eigenvalue weighted by Gasteiger charge is -2.10. The minimum Gasteiger partial charge on any atom is -0.484 e. The van der Waals surface area contributed by atoms with E-state index in [9.17, 15) is 9.59 Å². The molecule has 2 amide bonds. The molecule has 0 aliphatic rings. The van der Waals surface area contributed by atoms with Crippen molar-refractivity contribution in [1.82, 2.24) is 21.0 Å². The van der Waals surface area contributed by atoms with Crippen molar-refractivity contribution in [2.45, 2.75) is 20.8 Å². The van der Waals surface area contributed by atoms with E-state index in [0.717, 1.165) is 11.1 Å². The van der Waals surface area contributed by atoms with Crippen LogP contribution in [0, 0.1) is 20.8 Å². The Morgan fingerprint density at radius 3 is 2.29 bits per heavy atom. The van der Waals surface area contributed by atoms with Gasteiger partial charge < -0.3 is 9.26 Å². The smallest absolute Gasteiger partial charge is 0.276 e. The Balaban J connectivity index is 1.50. The Bertz CT molecular complexity index is 975. The maximum atomic E-state index is 12.1. The van der Waals surface area contributed by atoms with Crippen molar-refractivity contribution in [2.24, 2.45) is 0 Å². The van der Waals surface area contributed by atoms with Gasteiger partial charge in [-0.1, -0.05) is 11.2 Å². The zero-order chi connectivity index (χ0) is 20.1. The van der Waals surface area contributed by atoms with Crippen LogP contribution in [0.2, 0.25) is 0 Å². The van der Waals surface area contributed by atoms with Gasteiger partial charge in [-0.15, -0.1) is 0 Å². The predicted octanol–water partition coefficient (Wildman–Crippen LogP) is 2.50. The second-order valence-electron chi connectivity index (χ2n) is 6.34. The molecule has 0 saturated carbocycles. The highest BCUT2D eigenvalue weighted by Crippen LogP contribution is 2.18. The lowest BCUT2D eigenvalue weighted by Crippen LogP contribution is -2.43. The fraction of sp³-hybridized carbons (Fsp3) is 0.200. The molecule has 0 saturated heterocycles. The third-order valence-electron chi connectivity index (χ3n) is 3.80. The molecule has 3 rings (SSSR count). The molecule has 8 nitrogen and oxygen atoms in total. The number of ether oxygens (including phenoxy) is 1. The van der Waals surface area contributed by atoms with Gasteiger partial charge in [-0.3, -0.25) is 20.4 Å². The molecule has 1 aromatic heterocycles. The second kappa shape index (κ2) is 8.34. The molecular formula is C20H20N4O4. The number of hydrazine groups is 1. The minimum absolute atomic E-state index is 0.210. The largest absolute Gasteiger partial charge is 0.484 e. The fourth-order valence-corrected chi connectivity index (χ4v) is 2.58. The van der Waals surface area contributed by atoms with Crippen LogP contribution in [0.3, 0.4) is 0 Å². The van der Waals surface area contributed by atoms with Crippen LogP contribution < -0.4 is 15.6 Å². The normalized spacial score (nSPS) is 10.4. The lowest BCUT2D eigenvalue weighted by atomic mass is 10.1. The summed E-state index contributed by atoms with van der Waals surface area (Å²) in [5.41, 5.74) is 7.83. The highest BCUT2D eigenvalue weighted by Gasteiger charge is 2.11. The van der Waals surface area contributed by atoms with Crippen LogP contribution in [0.15, 0.2) is 47.0 Å². The van der Waals surface area contributed by atoms with Gasteiger partial charge >= 0.3 is 0 Å². The number of hydrogen-bond acceptors (Lipinski definition) is 6. The number of carbonyl (C=O) groups is 2. The van der Waals surface area contributed by atoms with Gasteiger partial charge in [-0.2, -0.15) is 4.98 Å². The standard InChI is InChI=1S/C20H20N4O4/c1-12-8-13(2)10-17(9-12)27-11-18(25)22-23-19(26)15-4-6-16(7-5-15)20-21-14(3)24-28-20/h4-10H,11H2,1-3H3,(H,22,25)(H,23,26). The molecule has 0 aliphatic heterocycles. The van der Waals surface area contributed by atoms with Crippen LogP contribution in [-0.4, -0.2) is 28.6 Å². The highest BCUT2D eigenvalue weighted by atomic mass is 16.5. The molecule has 144 valence electrons. The van der Waals surface area contributed by atoms with Crippen LogP contribution in [0.1, 0.15) is 27.3 Å². The summed E-state index contributed by atoms with van der Waals surface area (Å²) in [6.07, 6.45) is 0. The molecule has 0 atom stereocenters. The zero-order valence-electron chi connectivity index (χ0n) is 15.8. The Hall–Kier alpha value is -3.68. The first kappa shape index (κ1) is 19.1. The number of aromatic nitrogens is 2. The molecule has 0 spiro atoms. The molecule has 8 heteroatoms. The lowest BCUT2D eigenvalue weighted by molar-refractivity contribution is -0.123. The van der Waals surface area contributed by atoms with Gasteiger partial charge in [-0.25, -0.2) is 0 Å². The van der Waals surface area contributed by atoms with Crippen LogP contribution in [0.5, 0.6) is 5.75 Å². The maximum Gasteiger partial charge on any atom is 0.276 e. The van der Waals surface area contributed by atoms with E-state index in [0.29, 0.717) is 28.6 Å². The minimum atomic E-state index is -0.467. The van der Waals surface area contributed by atoms with Gasteiger partial charge in [0, 0.05) is 11.1 Å². The van der Waals surface area contributed by atoms with E-state index in [1.807, 2.05) is 32.0 Å². The van der Waals surface area contributed by atoms with Gasteiger partial charge in [0.1, 0.15) is 5.75 Å². The number of carbonyl (C=O) groups excluding carboxylic acids is 2. The summed E-state index contributed by atoms with van der Waals surface area (Å²) in [5.74, 6) is 0.591. The van der Waals surface area contributed by atoms with Crippen molar-refractivity contribution in [2.75, 3.05) is 6.61 Å². The second-order valence-corrected chi connectivity index (χ2v) is 6.34. The van der Waals surface area contributed by atoms with Gasteiger partial charge in [0.05, 0.1) is 0 Å². The SMILES string of the molecule is Cc1cc(C)cc(OCC(=O)NNC(=O)c2ccc(-c3nc(C)no3)cc2)c1. The van der Waals surface area contributed by atoms with E-state index >= 15 is 0 Å². The molecule has 0 unspecified atom stereocenters. The number of benzene rings is 2. The third kappa shape index (κ3) is 4.94. The first-order chi connectivity index (χ1) is 13.4. The molecule has 28 heavy (non-hydrogen) atoms. The summed E-state index contributed by atoms with van der Waals surface area (Å²) in [4.78, 5) is 28.2. The molecule has 1 heterocycles. The number of hydrogen-bond donors (Lipinski definition) is 2. The van der Waals surface area contributed by atoms with Crippen LogP contribution in [0.25, 0.3) is 11.5 Å². The monoisotopic (exact) mass is 380 g/mol. The first-order valence-corrected chi connectivity index (χ1v) is 8.62. The van der Waals surface area contributed by atoms with Crippen molar-refractivity contribution >= 4 is 11.8 Å².